The first-order chi connectivity index (χ1) is 19.8. The van der Waals surface area contributed by atoms with Crippen molar-refractivity contribution in [1.29, 1.82) is 0 Å². The van der Waals surface area contributed by atoms with Crippen molar-refractivity contribution in [2.45, 2.75) is 39.1 Å². The number of carbonyl (C=O) groups excluding carboxylic acids is 1. The molecule has 15 heteroatoms. The smallest absolute Gasteiger partial charge is 0.390 e. The molecule has 3 heterocycles. The number of sulfonamides is 1. The number of pyridine rings is 1. The molecule has 0 unspecified atom stereocenters. The first-order valence-corrected chi connectivity index (χ1v) is 14.8. The maximum Gasteiger partial charge on any atom is 0.390 e. The Kier molecular flexibility index (Phi) is 9.51. The lowest BCUT2D eigenvalue weighted by Crippen LogP contribution is -2.46. The molecule has 0 saturated carbocycles. The van der Waals surface area contributed by atoms with Crippen molar-refractivity contribution in [2.24, 2.45) is 0 Å². The number of aromatic nitrogens is 3. The molecule has 11 nitrogen and oxygen atoms in total. The molecule has 0 spiro atoms. The second-order valence-electron chi connectivity index (χ2n) is 10.1. The van der Waals surface area contributed by atoms with Gasteiger partial charge in [0.05, 0.1) is 24.5 Å². The maximum absolute atomic E-state index is 12.3. The number of alkyl halides is 3. The number of halogens is 3. The molecule has 1 aliphatic heterocycles. The van der Waals surface area contributed by atoms with Crippen molar-refractivity contribution in [3.05, 3.63) is 60.0 Å². The van der Waals surface area contributed by atoms with Gasteiger partial charge in [-0.1, -0.05) is 0 Å². The summed E-state index contributed by atoms with van der Waals surface area (Å²) in [6, 6.07) is 10.4. The van der Waals surface area contributed by atoms with Crippen molar-refractivity contribution < 1.29 is 36.2 Å². The van der Waals surface area contributed by atoms with Gasteiger partial charge in [0.15, 0.2) is 11.5 Å². The lowest BCUT2D eigenvalue weighted by atomic mass is 10.0. The lowest BCUT2D eigenvalue weighted by Gasteiger charge is -2.35. The molecule has 226 valence electrons. The number of piperazine rings is 1. The van der Waals surface area contributed by atoms with E-state index in [-0.39, 0.29) is 17.5 Å². The maximum atomic E-state index is 12.3. The molecule has 0 bridgehead atoms. The first-order valence-electron chi connectivity index (χ1n) is 13.1. The quantitative estimate of drug-likeness (QED) is 0.352. The van der Waals surface area contributed by atoms with E-state index < -0.39 is 34.3 Å². The van der Waals surface area contributed by atoms with Gasteiger partial charge in [-0.15, -0.1) is 10.2 Å². The fraction of sp³-hybridized carbons (Fsp3) is 0.407. The average molecular weight is 609 g/mol. The Morgan fingerprint density at radius 1 is 1.05 bits per heavy atom. The van der Waals surface area contributed by atoms with Crippen LogP contribution >= 0.6 is 0 Å². The molecule has 1 aliphatic rings. The van der Waals surface area contributed by atoms with Gasteiger partial charge in [-0.3, -0.25) is 14.7 Å². The third kappa shape index (κ3) is 9.01. The zero-order valence-electron chi connectivity index (χ0n) is 23.0. The van der Waals surface area contributed by atoms with Crippen LogP contribution in [0.3, 0.4) is 0 Å². The highest BCUT2D eigenvalue weighted by molar-refractivity contribution is 7.90. The van der Waals surface area contributed by atoms with Crippen molar-refractivity contribution in [3.63, 3.8) is 0 Å². The average Bonchev–Trinajstić information content (AvgIpc) is 2.91. The molecule has 1 saturated heterocycles. The van der Waals surface area contributed by atoms with Crippen LogP contribution in [-0.2, 0) is 16.6 Å². The summed E-state index contributed by atoms with van der Waals surface area (Å²) in [6.07, 6.45) is -3.20. The fourth-order valence-corrected chi connectivity index (χ4v) is 5.34. The highest BCUT2D eigenvalue weighted by Gasteiger charge is 2.31. The molecule has 0 radical (unpaired) electrons. The largest absolute Gasteiger partial charge is 0.506 e. The minimum Gasteiger partial charge on any atom is -0.506 e. The van der Waals surface area contributed by atoms with E-state index in [9.17, 15) is 31.5 Å². The number of nitrogens with one attached hydrogen (secondary N) is 1. The molecule has 42 heavy (non-hydrogen) atoms. The van der Waals surface area contributed by atoms with Crippen LogP contribution < -0.4 is 14.4 Å². The standard InChI is InChI=1S/C27H31F3N6O5S/c1-18(2)41-23-12-19(11-20(14-23)21-13-22(37)16-31-15-21)17-35-6-8-36(9-7-35)25-4-3-24(32-33-25)26(38)34-42(39,40)10-5-27(28,29)30/h3-4,11-16,18,37H,5-10,17H2,1-2H3,(H,34,38). The van der Waals surface area contributed by atoms with Gasteiger partial charge < -0.3 is 14.7 Å². The van der Waals surface area contributed by atoms with Gasteiger partial charge >= 0.3 is 6.18 Å². The van der Waals surface area contributed by atoms with Crippen LogP contribution in [0.1, 0.15) is 36.3 Å². The number of rotatable bonds is 10. The van der Waals surface area contributed by atoms with Gasteiger partial charge in [-0.05, 0) is 61.4 Å². The van der Waals surface area contributed by atoms with Gasteiger partial charge in [-0.2, -0.15) is 13.2 Å². The predicted octanol–water partition coefficient (Wildman–Crippen LogP) is 3.37. The Labute approximate surface area is 241 Å². The molecule has 3 aromatic rings. The molecule has 1 aromatic carbocycles. The number of ether oxygens (including phenoxy) is 1. The Morgan fingerprint density at radius 2 is 1.79 bits per heavy atom. The van der Waals surface area contributed by atoms with Crippen LogP contribution in [0.15, 0.2) is 48.8 Å². The van der Waals surface area contributed by atoms with Crippen molar-refractivity contribution in [2.75, 3.05) is 36.8 Å². The molecule has 0 atom stereocenters. The van der Waals surface area contributed by atoms with Crippen LogP contribution in [0.4, 0.5) is 19.0 Å². The molecular weight excluding hydrogens is 577 g/mol. The van der Waals surface area contributed by atoms with Gasteiger partial charge in [-0.25, -0.2) is 13.1 Å². The summed E-state index contributed by atoms with van der Waals surface area (Å²) in [4.78, 5) is 20.5. The van der Waals surface area contributed by atoms with Crippen molar-refractivity contribution in [1.82, 2.24) is 24.8 Å². The first kappa shape index (κ1) is 31.0. The number of hydrogen-bond acceptors (Lipinski definition) is 10. The number of anilines is 1. The molecule has 2 N–H and O–H groups in total. The summed E-state index contributed by atoms with van der Waals surface area (Å²) in [5.74, 6) is -1.14. The Bertz CT molecular complexity index is 1490. The summed E-state index contributed by atoms with van der Waals surface area (Å²) in [6.45, 7) is 7.15. The number of benzene rings is 1. The second kappa shape index (κ2) is 12.9. The van der Waals surface area contributed by atoms with Crippen molar-refractivity contribution in [3.8, 4) is 22.6 Å². The SMILES string of the molecule is CC(C)Oc1cc(CN2CCN(c3ccc(C(=O)NS(=O)(=O)CCC(F)(F)F)nn3)CC2)cc(-c2cncc(O)c2)c1. The van der Waals surface area contributed by atoms with Crippen LogP contribution in [0.5, 0.6) is 11.5 Å². The van der Waals surface area contributed by atoms with E-state index in [2.05, 4.69) is 20.1 Å². The molecule has 2 aromatic heterocycles. The number of nitrogens with zero attached hydrogens (tertiary/aromatic N) is 5. The van der Waals surface area contributed by atoms with E-state index in [0.29, 0.717) is 44.3 Å². The van der Waals surface area contributed by atoms with E-state index in [0.717, 1.165) is 16.7 Å². The summed E-state index contributed by atoms with van der Waals surface area (Å²) in [5.41, 5.74) is 2.34. The zero-order chi connectivity index (χ0) is 30.5. The third-order valence-electron chi connectivity index (χ3n) is 6.28. The van der Waals surface area contributed by atoms with E-state index in [1.54, 1.807) is 17.0 Å². The van der Waals surface area contributed by atoms with Crippen LogP contribution in [0.25, 0.3) is 11.1 Å². The minimum absolute atomic E-state index is 0.0173. The zero-order valence-corrected chi connectivity index (χ0v) is 23.8. The Hall–Kier alpha value is -3.98. The molecule has 0 aliphatic carbocycles. The van der Waals surface area contributed by atoms with E-state index in [1.807, 2.05) is 36.9 Å². The molecular formula is C27H31F3N6O5S. The van der Waals surface area contributed by atoms with Crippen LogP contribution in [-0.4, -0.2) is 83.7 Å². The number of hydrogen-bond donors (Lipinski definition) is 2. The van der Waals surface area contributed by atoms with E-state index in [1.165, 1.54) is 18.3 Å². The topological polar surface area (TPSA) is 138 Å². The van der Waals surface area contributed by atoms with Gasteiger partial charge in [0, 0.05) is 44.5 Å². The number of amides is 1. The normalized spacial score (nSPS) is 14.7. The molecule has 1 amide bonds. The highest BCUT2D eigenvalue weighted by atomic mass is 32.2. The summed E-state index contributed by atoms with van der Waals surface area (Å²) in [5, 5.41) is 17.7. The monoisotopic (exact) mass is 608 g/mol. The van der Waals surface area contributed by atoms with E-state index >= 15 is 0 Å². The van der Waals surface area contributed by atoms with Gasteiger partial charge in [0.2, 0.25) is 10.0 Å². The molecule has 4 rings (SSSR count). The summed E-state index contributed by atoms with van der Waals surface area (Å²) >= 11 is 0. The highest BCUT2D eigenvalue weighted by Crippen LogP contribution is 2.29. The van der Waals surface area contributed by atoms with Gasteiger partial charge in [0.25, 0.3) is 5.91 Å². The van der Waals surface area contributed by atoms with Crippen LogP contribution in [0, 0.1) is 0 Å². The molecule has 1 fully saturated rings. The third-order valence-corrected chi connectivity index (χ3v) is 7.52. The minimum atomic E-state index is -4.66. The second-order valence-corrected chi connectivity index (χ2v) is 12.0. The summed E-state index contributed by atoms with van der Waals surface area (Å²) < 4.78 is 68.1. The predicted molar refractivity (Wildman–Crippen MR) is 149 cm³/mol. The van der Waals surface area contributed by atoms with Gasteiger partial charge in [0.1, 0.15) is 11.5 Å². The fourth-order valence-electron chi connectivity index (χ4n) is 4.35. The Morgan fingerprint density at radius 3 is 2.40 bits per heavy atom. The number of aromatic hydroxyl groups is 1. The van der Waals surface area contributed by atoms with Crippen molar-refractivity contribution >= 4 is 21.7 Å². The number of carbonyl (C=O) groups is 1. The summed E-state index contributed by atoms with van der Waals surface area (Å²) in [7, 11) is -4.48. The Balaban J connectivity index is 1.36. The lowest BCUT2D eigenvalue weighted by molar-refractivity contribution is -0.130. The van der Waals surface area contributed by atoms with E-state index in [4.69, 9.17) is 4.74 Å². The van der Waals surface area contributed by atoms with Crippen LogP contribution in [0.2, 0.25) is 0 Å².